The summed E-state index contributed by atoms with van der Waals surface area (Å²) >= 11 is 3.57. The van der Waals surface area contributed by atoms with Crippen molar-refractivity contribution >= 4 is 15.9 Å². The summed E-state index contributed by atoms with van der Waals surface area (Å²) in [5.74, 6) is 1.32. The van der Waals surface area contributed by atoms with Crippen LogP contribution in [0.4, 0.5) is 0 Å². The van der Waals surface area contributed by atoms with Gasteiger partial charge in [-0.25, -0.2) is 0 Å². The van der Waals surface area contributed by atoms with Crippen LogP contribution in [-0.4, -0.2) is 17.8 Å². The van der Waals surface area contributed by atoms with Crippen molar-refractivity contribution in [2.75, 3.05) is 7.11 Å². The summed E-state index contributed by atoms with van der Waals surface area (Å²) < 4.78 is 6.36. The molecule has 17 heavy (non-hydrogen) atoms. The van der Waals surface area contributed by atoms with Gasteiger partial charge in [-0.15, -0.1) is 0 Å². The van der Waals surface area contributed by atoms with E-state index in [9.17, 15) is 5.11 Å². The van der Waals surface area contributed by atoms with E-state index < -0.39 is 5.60 Å². The highest BCUT2D eigenvalue weighted by atomic mass is 79.9. The van der Waals surface area contributed by atoms with Crippen LogP contribution in [0.5, 0.6) is 5.75 Å². The molecule has 0 bridgehead atoms. The van der Waals surface area contributed by atoms with Crippen LogP contribution in [0.3, 0.4) is 0 Å². The highest BCUT2D eigenvalue weighted by molar-refractivity contribution is 9.10. The minimum atomic E-state index is -0.469. The molecule has 0 spiro atoms. The fraction of sp³-hybridized carbons (Fsp3) is 0.571. The first-order chi connectivity index (χ1) is 7.95. The molecule has 1 aromatic rings. The molecule has 1 aromatic carbocycles. The Morgan fingerprint density at radius 2 is 2.06 bits per heavy atom. The molecule has 2 rings (SSSR count). The molecule has 0 amide bonds. The molecule has 1 aliphatic rings. The van der Waals surface area contributed by atoms with Gasteiger partial charge in [0.15, 0.2) is 0 Å². The first-order valence-corrected chi connectivity index (χ1v) is 6.83. The van der Waals surface area contributed by atoms with Crippen molar-refractivity contribution in [3.8, 4) is 5.75 Å². The lowest BCUT2D eigenvalue weighted by molar-refractivity contribution is 0.150. The van der Waals surface area contributed by atoms with Gasteiger partial charge in [-0.3, -0.25) is 0 Å². The molecule has 1 saturated carbocycles. The number of aliphatic hydroxyl groups is 1. The largest absolute Gasteiger partial charge is 0.496 e. The van der Waals surface area contributed by atoms with Gasteiger partial charge in [0.1, 0.15) is 5.75 Å². The van der Waals surface area contributed by atoms with Crippen LogP contribution in [0.15, 0.2) is 16.6 Å². The zero-order valence-electron chi connectivity index (χ0n) is 10.6. The zero-order valence-corrected chi connectivity index (χ0v) is 12.2. The fourth-order valence-electron chi connectivity index (χ4n) is 1.97. The number of ether oxygens (including phenoxy) is 1. The molecule has 2 nitrogen and oxygen atoms in total. The topological polar surface area (TPSA) is 29.5 Å². The summed E-state index contributed by atoms with van der Waals surface area (Å²) in [5.41, 5.74) is 1.93. The number of rotatable bonds is 4. The summed E-state index contributed by atoms with van der Waals surface area (Å²) in [6.07, 6.45) is 2.53. The smallest absolute Gasteiger partial charge is 0.133 e. The number of halogens is 1. The summed E-state index contributed by atoms with van der Waals surface area (Å²) in [4.78, 5) is 0. The lowest BCUT2D eigenvalue weighted by Crippen LogP contribution is -2.12. The molecule has 1 fully saturated rings. The van der Waals surface area contributed by atoms with Crippen molar-refractivity contribution in [1.82, 2.24) is 0 Å². The van der Waals surface area contributed by atoms with E-state index >= 15 is 0 Å². The Morgan fingerprint density at radius 3 is 2.53 bits per heavy atom. The maximum absolute atomic E-state index is 10.0. The van der Waals surface area contributed by atoms with E-state index in [0.29, 0.717) is 12.3 Å². The predicted octanol–water partition coefficient (Wildman–Crippen LogP) is 3.65. The van der Waals surface area contributed by atoms with Gasteiger partial charge in [0.05, 0.1) is 17.2 Å². The van der Waals surface area contributed by atoms with Gasteiger partial charge in [0, 0.05) is 6.42 Å². The Bertz CT molecular complexity index is 422. The number of benzene rings is 1. The molecule has 3 heteroatoms. The van der Waals surface area contributed by atoms with E-state index in [1.807, 2.05) is 0 Å². The van der Waals surface area contributed by atoms with Gasteiger partial charge in [0.2, 0.25) is 0 Å². The van der Waals surface area contributed by atoms with E-state index in [4.69, 9.17) is 4.74 Å². The lowest BCUT2D eigenvalue weighted by Gasteiger charge is -2.16. The predicted molar refractivity (Wildman–Crippen MR) is 72.7 cm³/mol. The summed E-state index contributed by atoms with van der Waals surface area (Å²) in [7, 11) is 1.68. The Kier molecular flexibility index (Phi) is 3.50. The van der Waals surface area contributed by atoms with Gasteiger partial charge in [0.25, 0.3) is 0 Å². The third-order valence-electron chi connectivity index (χ3n) is 3.37. The number of methoxy groups -OCH3 is 1. The molecule has 0 unspecified atom stereocenters. The van der Waals surface area contributed by atoms with Crippen molar-refractivity contribution in [2.45, 2.75) is 44.6 Å². The van der Waals surface area contributed by atoms with Crippen molar-refractivity contribution in [2.24, 2.45) is 0 Å². The first-order valence-electron chi connectivity index (χ1n) is 6.04. The minimum absolute atomic E-state index is 0.463. The molecule has 1 aliphatic carbocycles. The van der Waals surface area contributed by atoms with E-state index in [1.54, 1.807) is 7.11 Å². The summed E-state index contributed by atoms with van der Waals surface area (Å²) in [5, 5.41) is 10.0. The van der Waals surface area contributed by atoms with E-state index in [1.165, 1.54) is 5.56 Å². The highest BCUT2D eigenvalue weighted by Crippen LogP contribution is 2.42. The van der Waals surface area contributed by atoms with Crippen molar-refractivity contribution in [3.63, 3.8) is 0 Å². The maximum Gasteiger partial charge on any atom is 0.133 e. The van der Waals surface area contributed by atoms with Crippen LogP contribution in [0.2, 0.25) is 0 Å². The lowest BCUT2D eigenvalue weighted by atomic mass is 9.97. The molecule has 0 atom stereocenters. The normalized spacial score (nSPS) is 17.3. The minimum Gasteiger partial charge on any atom is -0.496 e. The van der Waals surface area contributed by atoms with Gasteiger partial charge < -0.3 is 9.84 Å². The van der Waals surface area contributed by atoms with Gasteiger partial charge in [-0.05, 0) is 51.9 Å². The van der Waals surface area contributed by atoms with E-state index in [-0.39, 0.29) is 0 Å². The molecule has 0 radical (unpaired) electrons. The molecular formula is C14H19BrO2. The molecule has 0 aromatic heterocycles. The van der Waals surface area contributed by atoms with Crippen LogP contribution in [0, 0.1) is 0 Å². The van der Waals surface area contributed by atoms with Crippen molar-refractivity contribution in [3.05, 3.63) is 27.7 Å². The Balaban J connectivity index is 2.37. The van der Waals surface area contributed by atoms with Crippen molar-refractivity contribution in [1.29, 1.82) is 0 Å². The highest BCUT2D eigenvalue weighted by Gasteiger charge is 2.40. The third kappa shape index (κ3) is 2.83. The maximum atomic E-state index is 10.0. The van der Waals surface area contributed by atoms with E-state index in [0.717, 1.165) is 28.6 Å². The molecule has 94 valence electrons. The monoisotopic (exact) mass is 298 g/mol. The first kappa shape index (κ1) is 12.9. The Labute approximate surface area is 111 Å². The Hall–Kier alpha value is -0.540. The van der Waals surface area contributed by atoms with Crippen LogP contribution in [0.1, 0.15) is 43.7 Å². The van der Waals surface area contributed by atoms with Crippen molar-refractivity contribution < 1.29 is 9.84 Å². The van der Waals surface area contributed by atoms with E-state index in [2.05, 4.69) is 41.9 Å². The van der Waals surface area contributed by atoms with Gasteiger partial charge in [-0.2, -0.15) is 0 Å². The second-order valence-electron chi connectivity index (χ2n) is 5.25. The molecule has 0 heterocycles. The van der Waals surface area contributed by atoms with Gasteiger partial charge >= 0.3 is 0 Å². The number of hydrogen-bond donors (Lipinski definition) is 1. The second-order valence-corrected chi connectivity index (χ2v) is 6.05. The molecule has 0 saturated heterocycles. The molecular weight excluding hydrogens is 280 g/mol. The standard InChI is InChI=1S/C14H19BrO2/c1-9(2)10-6-11(8-14(16)4-5-14)13(15)12(7-10)17-3/h6-7,9,16H,4-5,8H2,1-3H3. The second kappa shape index (κ2) is 4.62. The number of hydrogen-bond acceptors (Lipinski definition) is 2. The summed E-state index contributed by atoms with van der Waals surface area (Å²) in [6, 6.07) is 4.24. The molecule has 1 N–H and O–H groups in total. The SMILES string of the molecule is COc1cc(C(C)C)cc(CC2(O)CC2)c1Br. The van der Waals surface area contributed by atoms with Crippen LogP contribution in [0.25, 0.3) is 0 Å². The van der Waals surface area contributed by atoms with Crippen LogP contribution >= 0.6 is 15.9 Å². The Morgan fingerprint density at radius 1 is 1.41 bits per heavy atom. The molecule has 0 aliphatic heterocycles. The average Bonchev–Trinajstić information content (AvgIpc) is 2.99. The van der Waals surface area contributed by atoms with Crippen LogP contribution in [-0.2, 0) is 6.42 Å². The third-order valence-corrected chi connectivity index (χ3v) is 4.27. The van der Waals surface area contributed by atoms with Crippen LogP contribution < -0.4 is 4.74 Å². The van der Waals surface area contributed by atoms with Gasteiger partial charge in [-0.1, -0.05) is 19.9 Å². The fourth-order valence-corrected chi connectivity index (χ4v) is 2.50. The zero-order chi connectivity index (χ0) is 12.6. The summed E-state index contributed by atoms with van der Waals surface area (Å²) in [6.45, 7) is 4.33. The average molecular weight is 299 g/mol. The quantitative estimate of drug-likeness (QED) is 0.919.